The Labute approximate surface area is 168 Å². The van der Waals surface area contributed by atoms with Gasteiger partial charge in [-0.15, -0.1) is 0 Å². The average molecular weight is 425 g/mol. The summed E-state index contributed by atoms with van der Waals surface area (Å²) in [5.41, 5.74) is 0.551. The van der Waals surface area contributed by atoms with Crippen LogP contribution in [0.5, 0.6) is 0 Å². The Morgan fingerprint density at radius 2 is 1.73 bits per heavy atom. The topological polar surface area (TPSA) is 29.0 Å². The molecule has 3 aromatic rings. The molecule has 3 heterocycles. The van der Waals surface area contributed by atoms with E-state index in [0.717, 1.165) is 29.6 Å². The van der Waals surface area contributed by atoms with Crippen molar-refractivity contribution in [2.45, 2.75) is 31.7 Å². The van der Waals surface area contributed by atoms with Crippen molar-refractivity contribution >= 4 is 11.0 Å². The van der Waals surface area contributed by atoms with E-state index >= 15 is 0 Å². The Kier molecular flexibility index (Phi) is 5.17. The van der Waals surface area contributed by atoms with Gasteiger partial charge in [-0.25, -0.2) is 9.97 Å². The lowest BCUT2D eigenvalue weighted by Crippen LogP contribution is -2.33. The summed E-state index contributed by atoms with van der Waals surface area (Å²) in [6, 6.07) is 8.16. The van der Waals surface area contributed by atoms with Crippen LogP contribution in [0.15, 0.2) is 42.6 Å². The van der Waals surface area contributed by atoms with E-state index in [9.17, 15) is 26.3 Å². The lowest BCUT2D eigenvalue weighted by atomic mass is 10.0. The molecule has 30 heavy (non-hydrogen) atoms. The van der Waals surface area contributed by atoms with E-state index in [1.807, 2.05) is 4.90 Å². The van der Waals surface area contributed by atoms with Gasteiger partial charge in [0.25, 0.3) is 0 Å². The molecule has 1 aliphatic rings. The molecule has 9 heteroatoms. The molecule has 0 atom stereocenters. The van der Waals surface area contributed by atoms with Crippen LogP contribution in [0, 0.1) is 0 Å². The highest BCUT2D eigenvalue weighted by molar-refractivity contribution is 5.76. The molecule has 0 unspecified atom stereocenters. The van der Waals surface area contributed by atoms with Crippen LogP contribution in [0.1, 0.15) is 27.9 Å². The van der Waals surface area contributed by atoms with Gasteiger partial charge in [-0.1, -0.05) is 18.2 Å². The predicted octanol–water partition coefficient (Wildman–Crippen LogP) is 5.27. The molecule has 4 rings (SSSR count). The van der Waals surface area contributed by atoms with Gasteiger partial charge in [0.1, 0.15) is 0 Å². The van der Waals surface area contributed by atoms with E-state index in [1.54, 1.807) is 12.1 Å². The number of halogens is 6. The third kappa shape index (κ3) is 4.26. The summed E-state index contributed by atoms with van der Waals surface area (Å²) in [5, 5.41) is 0.299. The minimum Gasteiger partial charge on any atom is -0.298 e. The maximum absolute atomic E-state index is 13.2. The summed E-state index contributed by atoms with van der Waals surface area (Å²) in [5.74, 6) is 0. The Balaban J connectivity index is 1.53. The molecule has 0 aliphatic carbocycles. The Morgan fingerprint density at radius 3 is 2.47 bits per heavy atom. The number of fused-ring (bicyclic) bond motifs is 2. The van der Waals surface area contributed by atoms with Crippen LogP contribution < -0.4 is 0 Å². The van der Waals surface area contributed by atoms with Crippen LogP contribution in [0.25, 0.3) is 11.0 Å². The number of hydrogen-bond donors (Lipinski definition) is 0. The first-order chi connectivity index (χ1) is 14.1. The number of aromatic nitrogens is 2. The fourth-order valence-corrected chi connectivity index (χ4v) is 3.72. The van der Waals surface area contributed by atoms with E-state index < -0.39 is 23.5 Å². The lowest BCUT2D eigenvalue weighted by Gasteiger charge is -2.28. The Hall–Kier alpha value is -2.68. The first-order valence-electron chi connectivity index (χ1n) is 9.34. The van der Waals surface area contributed by atoms with Gasteiger partial charge in [-0.3, -0.25) is 4.90 Å². The minimum atomic E-state index is -4.49. The van der Waals surface area contributed by atoms with Crippen molar-refractivity contribution in [1.29, 1.82) is 0 Å². The quantitative estimate of drug-likeness (QED) is 0.536. The van der Waals surface area contributed by atoms with Gasteiger partial charge in [-0.05, 0) is 35.7 Å². The molecule has 158 valence electrons. The number of rotatable bonds is 3. The monoisotopic (exact) mass is 425 g/mol. The standard InChI is InChI=1S/C21H17F6N3/c22-20(23,24)16-10-14-9-15-12-30(8-6-18(15)29-19(14)28-11-16)7-5-13-3-1-2-4-17(13)21(25,26)27/h1-4,9-11H,5-8,12H2. The zero-order valence-electron chi connectivity index (χ0n) is 15.7. The predicted molar refractivity (Wildman–Crippen MR) is 98.7 cm³/mol. The normalized spacial score (nSPS) is 15.4. The van der Waals surface area contributed by atoms with Crippen molar-refractivity contribution in [3.63, 3.8) is 0 Å². The summed E-state index contributed by atoms with van der Waals surface area (Å²) in [6.07, 6.45) is -7.33. The van der Waals surface area contributed by atoms with E-state index in [2.05, 4.69) is 9.97 Å². The number of pyridine rings is 2. The maximum Gasteiger partial charge on any atom is 0.417 e. The van der Waals surface area contributed by atoms with Gasteiger partial charge in [0.05, 0.1) is 11.1 Å². The first kappa shape index (κ1) is 20.6. The summed E-state index contributed by atoms with van der Waals surface area (Å²) in [7, 11) is 0. The number of benzene rings is 1. The molecule has 0 saturated carbocycles. The van der Waals surface area contributed by atoms with E-state index in [-0.39, 0.29) is 17.6 Å². The first-order valence-corrected chi connectivity index (χ1v) is 9.34. The van der Waals surface area contributed by atoms with Crippen LogP contribution in [0.2, 0.25) is 0 Å². The fraction of sp³-hybridized carbons (Fsp3) is 0.333. The van der Waals surface area contributed by atoms with E-state index in [4.69, 9.17) is 0 Å². The number of alkyl halides is 6. The molecule has 0 N–H and O–H groups in total. The van der Waals surface area contributed by atoms with Crippen molar-refractivity contribution in [2.24, 2.45) is 0 Å². The number of nitrogens with zero attached hydrogens (tertiary/aromatic N) is 3. The highest BCUT2D eigenvalue weighted by Crippen LogP contribution is 2.33. The minimum absolute atomic E-state index is 0.228. The number of hydrogen-bond acceptors (Lipinski definition) is 3. The van der Waals surface area contributed by atoms with Gasteiger partial charge in [0.2, 0.25) is 0 Å². The summed E-state index contributed by atoms with van der Waals surface area (Å²) in [6.45, 7) is 1.44. The summed E-state index contributed by atoms with van der Waals surface area (Å²) < 4.78 is 78.3. The van der Waals surface area contributed by atoms with Crippen LogP contribution in [0.3, 0.4) is 0 Å². The molecule has 0 spiro atoms. The second-order valence-corrected chi connectivity index (χ2v) is 7.29. The zero-order valence-corrected chi connectivity index (χ0v) is 15.7. The molecule has 0 radical (unpaired) electrons. The summed E-state index contributed by atoms with van der Waals surface area (Å²) >= 11 is 0. The third-order valence-electron chi connectivity index (χ3n) is 5.24. The lowest BCUT2D eigenvalue weighted by molar-refractivity contribution is -0.138. The SMILES string of the molecule is FC(F)(F)c1cnc2nc3c(cc2c1)CN(CCc1ccccc1C(F)(F)F)CC3. The third-order valence-corrected chi connectivity index (χ3v) is 5.24. The maximum atomic E-state index is 13.2. The summed E-state index contributed by atoms with van der Waals surface area (Å²) in [4.78, 5) is 10.2. The average Bonchev–Trinajstić information content (AvgIpc) is 2.69. The van der Waals surface area contributed by atoms with Gasteiger partial charge in [0, 0.05) is 43.3 Å². The molecule has 3 nitrogen and oxygen atoms in total. The van der Waals surface area contributed by atoms with Crippen molar-refractivity contribution in [1.82, 2.24) is 14.9 Å². The molecule has 1 aromatic carbocycles. The second-order valence-electron chi connectivity index (χ2n) is 7.29. The van der Waals surface area contributed by atoms with E-state index in [1.165, 1.54) is 12.1 Å². The van der Waals surface area contributed by atoms with E-state index in [0.29, 0.717) is 31.4 Å². The molecule has 1 aliphatic heterocycles. The molecule has 0 bridgehead atoms. The van der Waals surface area contributed by atoms with Crippen LogP contribution in [-0.4, -0.2) is 28.0 Å². The Morgan fingerprint density at radius 1 is 0.967 bits per heavy atom. The molecular formula is C21H17F6N3. The molecule has 0 saturated heterocycles. The zero-order chi connectivity index (χ0) is 21.5. The van der Waals surface area contributed by atoms with Gasteiger partial charge < -0.3 is 0 Å². The van der Waals surface area contributed by atoms with Gasteiger partial charge in [0.15, 0.2) is 5.65 Å². The van der Waals surface area contributed by atoms with Crippen molar-refractivity contribution in [3.05, 3.63) is 70.5 Å². The van der Waals surface area contributed by atoms with Crippen LogP contribution in [0.4, 0.5) is 26.3 Å². The van der Waals surface area contributed by atoms with Crippen LogP contribution in [-0.2, 0) is 31.7 Å². The second kappa shape index (κ2) is 7.54. The molecule has 0 fully saturated rings. The fourth-order valence-electron chi connectivity index (χ4n) is 3.72. The van der Waals surface area contributed by atoms with Crippen molar-refractivity contribution in [3.8, 4) is 0 Å². The molecule has 2 aromatic heterocycles. The smallest absolute Gasteiger partial charge is 0.298 e. The van der Waals surface area contributed by atoms with Gasteiger partial charge >= 0.3 is 12.4 Å². The molecule has 0 amide bonds. The van der Waals surface area contributed by atoms with Gasteiger partial charge in [-0.2, -0.15) is 26.3 Å². The van der Waals surface area contributed by atoms with Crippen molar-refractivity contribution < 1.29 is 26.3 Å². The van der Waals surface area contributed by atoms with Crippen LogP contribution >= 0.6 is 0 Å². The van der Waals surface area contributed by atoms with Crippen molar-refractivity contribution in [2.75, 3.05) is 13.1 Å². The highest BCUT2D eigenvalue weighted by Gasteiger charge is 2.33. The highest BCUT2D eigenvalue weighted by atomic mass is 19.4. The Bertz CT molecular complexity index is 1070. The molecular weight excluding hydrogens is 408 g/mol. The largest absolute Gasteiger partial charge is 0.417 e.